The molecule has 50 heavy (non-hydrogen) atoms. The average Bonchev–Trinajstić information content (AvgIpc) is 3.58. The number of sulfonamides is 2. The molecule has 14 nitrogen and oxygen atoms in total. The molecule has 0 atom stereocenters. The fraction of sp³-hybridized carbons (Fsp3) is 0.167. The third-order valence-corrected chi connectivity index (χ3v) is 8.95. The number of amides is 1. The fourth-order valence-electron chi connectivity index (χ4n) is 4.26. The lowest BCUT2D eigenvalue weighted by Crippen LogP contribution is -2.31. The van der Waals surface area contributed by atoms with Gasteiger partial charge in [-0.05, 0) is 48.5 Å². The minimum atomic E-state index is -3.70. The zero-order valence-electron chi connectivity index (χ0n) is 26.1. The normalized spacial score (nSPS) is 11.4. The van der Waals surface area contributed by atoms with Crippen LogP contribution in [0.1, 0.15) is 33.8 Å². The minimum Gasteiger partial charge on any atom is -0.415 e. The first-order chi connectivity index (χ1) is 23.6. The standard InChI is InChI=1S/C16H13F3N4O3S.C14H15FN4O3S/c1-27(24,25)23(12-3-2-6-20-8-12)9-11-5-4-10(7-13(11)17)15-21-22-16(26-15)14(18)19;1-23(21,22)19(12-3-2-6-17-8-12)9-11-5-4-10(7-13(11)15)14(20)18-16/h2-8,14H,9H2,1H3;2-8H,9,16H2,1H3,(H,18,20). The van der Waals surface area contributed by atoms with E-state index < -0.39 is 49.9 Å². The van der Waals surface area contributed by atoms with Crippen LogP contribution in [0.5, 0.6) is 0 Å². The summed E-state index contributed by atoms with van der Waals surface area (Å²) in [5, 5.41) is 6.63. The van der Waals surface area contributed by atoms with Crippen LogP contribution in [-0.2, 0) is 33.1 Å². The SMILES string of the molecule is CS(=O)(=O)N(Cc1ccc(-c2nnc(C(F)F)o2)cc1F)c1cccnc1.CS(=O)(=O)N(Cc1ccc(C(=O)NN)cc1F)c1cccnc1. The molecular formula is C30H28F4N8O6S2. The van der Waals surface area contributed by atoms with Crippen molar-refractivity contribution in [1.29, 1.82) is 0 Å². The molecule has 5 aromatic rings. The van der Waals surface area contributed by atoms with Gasteiger partial charge >= 0.3 is 6.43 Å². The Hall–Kier alpha value is -5.47. The Kier molecular flexibility index (Phi) is 11.8. The van der Waals surface area contributed by atoms with E-state index in [0.717, 1.165) is 33.3 Å². The summed E-state index contributed by atoms with van der Waals surface area (Å²) in [4.78, 5) is 19.1. The van der Waals surface area contributed by atoms with Gasteiger partial charge in [-0.15, -0.1) is 10.2 Å². The highest BCUT2D eigenvalue weighted by atomic mass is 32.2. The van der Waals surface area contributed by atoms with Crippen LogP contribution in [0.3, 0.4) is 0 Å². The summed E-state index contributed by atoms with van der Waals surface area (Å²) in [5.41, 5.74) is 2.83. The van der Waals surface area contributed by atoms with Crippen LogP contribution in [0.4, 0.5) is 28.9 Å². The number of nitrogens with one attached hydrogen (secondary N) is 1. The number of pyridine rings is 2. The smallest absolute Gasteiger partial charge is 0.314 e. The van der Waals surface area contributed by atoms with Crippen molar-refractivity contribution in [1.82, 2.24) is 25.6 Å². The van der Waals surface area contributed by atoms with Crippen LogP contribution < -0.4 is 19.9 Å². The van der Waals surface area contributed by atoms with Gasteiger partial charge in [0.2, 0.25) is 25.9 Å². The third-order valence-electron chi connectivity index (χ3n) is 6.67. The predicted molar refractivity (Wildman–Crippen MR) is 173 cm³/mol. The number of rotatable bonds is 11. The maximum Gasteiger partial charge on any atom is 0.314 e. The van der Waals surface area contributed by atoms with E-state index in [1.165, 1.54) is 55.1 Å². The number of alkyl halides is 2. The van der Waals surface area contributed by atoms with Crippen LogP contribution in [0.2, 0.25) is 0 Å². The molecule has 0 saturated carbocycles. The van der Waals surface area contributed by atoms with Crippen LogP contribution in [0, 0.1) is 11.6 Å². The van der Waals surface area contributed by atoms with E-state index in [-0.39, 0.29) is 46.9 Å². The number of hydrogen-bond donors (Lipinski definition) is 2. The van der Waals surface area contributed by atoms with Crippen molar-refractivity contribution in [2.45, 2.75) is 19.5 Å². The number of carbonyl (C=O) groups is 1. The van der Waals surface area contributed by atoms with Crippen molar-refractivity contribution >= 4 is 37.3 Å². The fourth-order valence-corrected chi connectivity index (χ4v) is 5.99. The number of anilines is 2. The second-order valence-corrected chi connectivity index (χ2v) is 14.1. The molecule has 3 heterocycles. The average molecular weight is 737 g/mol. The van der Waals surface area contributed by atoms with Gasteiger partial charge in [-0.2, -0.15) is 8.78 Å². The molecule has 20 heteroatoms. The number of hydrogen-bond acceptors (Lipinski definition) is 11. The molecule has 1 amide bonds. The van der Waals surface area contributed by atoms with Crippen molar-refractivity contribution < 1.29 is 43.6 Å². The van der Waals surface area contributed by atoms with E-state index in [2.05, 4.69) is 20.2 Å². The molecule has 0 aliphatic heterocycles. The van der Waals surface area contributed by atoms with Gasteiger partial charge in [-0.3, -0.25) is 28.8 Å². The van der Waals surface area contributed by atoms with Crippen LogP contribution >= 0.6 is 0 Å². The van der Waals surface area contributed by atoms with Crippen LogP contribution in [-0.4, -0.2) is 55.4 Å². The molecule has 0 spiro atoms. The van der Waals surface area contributed by atoms with E-state index in [0.29, 0.717) is 5.69 Å². The monoisotopic (exact) mass is 736 g/mol. The van der Waals surface area contributed by atoms with E-state index in [1.807, 2.05) is 5.43 Å². The Morgan fingerprint density at radius 3 is 1.74 bits per heavy atom. The highest BCUT2D eigenvalue weighted by Crippen LogP contribution is 2.27. The molecule has 2 aromatic carbocycles. The van der Waals surface area contributed by atoms with E-state index in [9.17, 15) is 39.2 Å². The zero-order valence-corrected chi connectivity index (χ0v) is 27.7. The van der Waals surface area contributed by atoms with E-state index >= 15 is 0 Å². The molecular weight excluding hydrogens is 709 g/mol. The quantitative estimate of drug-likeness (QED) is 0.0863. The Balaban J connectivity index is 0.000000228. The Bertz CT molecular complexity index is 2160. The lowest BCUT2D eigenvalue weighted by atomic mass is 10.1. The van der Waals surface area contributed by atoms with Gasteiger partial charge < -0.3 is 4.42 Å². The van der Waals surface area contributed by atoms with E-state index in [4.69, 9.17) is 10.3 Å². The first kappa shape index (κ1) is 37.4. The molecule has 0 aliphatic rings. The lowest BCUT2D eigenvalue weighted by Gasteiger charge is -2.22. The molecule has 0 bridgehead atoms. The summed E-state index contributed by atoms with van der Waals surface area (Å²) >= 11 is 0. The maximum atomic E-state index is 14.5. The predicted octanol–water partition coefficient (Wildman–Crippen LogP) is 3.96. The van der Waals surface area contributed by atoms with Crippen molar-refractivity contribution in [3.63, 3.8) is 0 Å². The van der Waals surface area contributed by atoms with Crippen molar-refractivity contribution in [2.75, 3.05) is 21.1 Å². The van der Waals surface area contributed by atoms with Gasteiger partial charge in [0.05, 0.1) is 49.4 Å². The van der Waals surface area contributed by atoms with Gasteiger partial charge in [-0.25, -0.2) is 31.5 Å². The number of carbonyl (C=O) groups excluding carboxylic acids is 1. The summed E-state index contributed by atoms with van der Waals surface area (Å²) in [7, 11) is -7.34. The number of nitrogen functional groups attached to an aromatic ring is 1. The Labute approximate surface area is 283 Å². The van der Waals surface area contributed by atoms with Crippen molar-refractivity contribution in [3.8, 4) is 11.5 Å². The third kappa shape index (κ3) is 9.57. The molecule has 5 rings (SSSR count). The topological polar surface area (TPSA) is 195 Å². The maximum absolute atomic E-state index is 14.5. The second kappa shape index (κ2) is 15.8. The number of benzene rings is 2. The van der Waals surface area contributed by atoms with Crippen molar-refractivity contribution in [2.24, 2.45) is 5.84 Å². The van der Waals surface area contributed by atoms with Crippen molar-refractivity contribution in [3.05, 3.63) is 120 Å². The number of hydrazine groups is 1. The van der Waals surface area contributed by atoms with E-state index in [1.54, 1.807) is 18.2 Å². The molecule has 0 radical (unpaired) electrons. The molecule has 0 unspecified atom stereocenters. The summed E-state index contributed by atoms with van der Waals surface area (Å²) in [5.74, 6) is 1.77. The first-order valence-corrected chi connectivity index (χ1v) is 17.7. The number of nitrogens with two attached hydrogens (primary N) is 1. The molecule has 0 saturated heterocycles. The summed E-state index contributed by atoms with van der Waals surface area (Å²) in [6, 6.07) is 13.7. The molecule has 0 fully saturated rings. The number of nitrogens with zero attached hydrogens (tertiary/aromatic N) is 6. The molecule has 0 aliphatic carbocycles. The first-order valence-electron chi connectivity index (χ1n) is 14.0. The van der Waals surface area contributed by atoms with Gasteiger partial charge in [0, 0.05) is 34.6 Å². The zero-order chi connectivity index (χ0) is 36.6. The summed E-state index contributed by atoms with van der Waals surface area (Å²) < 4.78 is 109. The largest absolute Gasteiger partial charge is 0.415 e. The van der Waals surface area contributed by atoms with Gasteiger partial charge in [0.15, 0.2) is 0 Å². The highest BCUT2D eigenvalue weighted by molar-refractivity contribution is 7.92. The number of aromatic nitrogens is 4. The Morgan fingerprint density at radius 1 is 0.820 bits per heavy atom. The van der Waals surface area contributed by atoms with Gasteiger partial charge in [0.1, 0.15) is 11.6 Å². The molecule has 264 valence electrons. The lowest BCUT2D eigenvalue weighted by molar-refractivity contribution is 0.0953. The molecule has 3 aromatic heterocycles. The summed E-state index contributed by atoms with van der Waals surface area (Å²) in [6.07, 6.45) is 4.79. The molecule has 3 N–H and O–H groups in total. The second-order valence-electron chi connectivity index (χ2n) is 10.3. The van der Waals surface area contributed by atoms with Gasteiger partial charge in [0.25, 0.3) is 11.8 Å². The number of halogens is 4. The minimum absolute atomic E-state index is 0.0426. The highest BCUT2D eigenvalue weighted by Gasteiger charge is 2.23. The summed E-state index contributed by atoms with van der Waals surface area (Å²) in [6.45, 7) is -0.496. The van der Waals surface area contributed by atoms with Gasteiger partial charge in [-0.1, -0.05) is 12.1 Å². The van der Waals surface area contributed by atoms with Crippen LogP contribution in [0.25, 0.3) is 11.5 Å². The van der Waals surface area contributed by atoms with Crippen LogP contribution in [0.15, 0.2) is 89.9 Å². The Morgan fingerprint density at radius 2 is 1.34 bits per heavy atom.